The molecule has 7 nitrogen and oxygen atoms in total. The largest absolute Gasteiger partial charge is 0.478 e. The normalized spacial score (nSPS) is 9.21. The fraction of sp³-hybridized carbons (Fsp3) is 0. The number of nitriles is 2. The van der Waals surface area contributed by atoms with Crippen molar-refractivity contribution in [1.29, 1.82) is 10.5 Å². The predicted molar refractivity (Wildman–Crippen MR) is 105 cm³/mol. The molecule has 0 amide bonds. The number of nitrogens with two attached hydrogens (primary N) is 2. The Bertz CT molecular complexity index is 1040. The SMILES string of the molecule is N#Cc1ccc(Oc2ccc(C(=O)O)cc2)cc1C#N.Nc1ccccc1N. The molecule has 0 fully saturated rings. The van der Waals surface area contributed by atoms with Crippen LogP contribution in [-0.2, 0) is 0 Å². The zero-order valence-corrected chi connectivity index (χ0v) is 14.7. The monoisotopic (exact) mass is 372 g/mol. The molecule has 0 spiro atoms. The van der Waals surface area contributed by atoms with Crippen LogP contribution in [0.1, 0.15) is 21.5 Å². The van der Waals surface area contributed by atoms with Crippen LogP contribution in [0.5, 0.6) is 11.5 Å². The Labute approximate surface area is 161 Å². The molecular weight excluding hydrogens is 356 g/mol. The molecule has 0 bridgehead atoms. The molecule has 7 heteroatoms. The fourth-order valence-corrected chi connectivity index (χ4v) is 2.09. The Kier molecular flexibility index (Phi) is 6.57. The van der Waals surface area contributed by atoms with Gasteiger partial charge in [-0.3, -0.25) is 0 Å². The summed E-state index contributed by atoms with van der Waals surface area (Å²) in [4.78, 5) is 10.7. The van der Waals surface area contributed by atoms with Gasteiger partial charge in [0.05, 0.1) is 28.1 Å². The molecule has 3 aromatic carbocycles. The molecule has 0 unspecified atom stereocenters. The third kappa shape index (κ3) is 5.25. The lowest BCUT2D eigenvalue weighted by molar-refractivity contribution is 0.0697. The third-order valence-corrected chi connectivity index (χ3v) is 3.56. The van der Waals surface area contributed by atoms with Crippen molar-refractivity contribution in [3.8, 4) is 23.6 Å². The van der Waals surface area contributed by atoms with Gasteiger partial charge in [0, 0.05) is 0 Å². The van der Waals surface area contributed by atoms with Crippen LogP contribution in [0.25, 0.3) is 0 Å². The summed E-state index contributed by atoms with van der Waals surface area (Å²) in [7, 11) is 0. The second-order valence-electron chi connectivity index (χ2n) is 5.49. The van der Waals surface area contributed by atoms with Crippen molar-refractivity contribution >= 4 is 17.3 Å². The molecule has 0 heterocycles. The van der Waals surface area contributed by atoms with E-state index in [-0.39, 0.29) is 16.7 Å². The van der Waals surface area contributed by atoms with Crippen LogP contribution >= 0.6 is 0 Å². The van der Waals surface area contributed by atoms with E-state index in [2.05, 4.69) is 0 Å². The lowest BCUT2D eigenvalue weighted by Crippen LogP contribution is -1.95. The third-order valence-electron chi connectivity index (χ3n) is 3.56. The quantitative estimate of drug-likeness (QED) is 0.593. The van der Waals surface area contributed by atoms with Gasteiger partial charge in [0.15, 0.2) is 0 Å². The Hall–Kier alpha value is -4.49. The van der Waals surface area contributed by atoms with E-state index in [0.29, 0.717) is 22.9 Å². The van der Waals surface area contributed by atoms with Crippen LogP contribution in [0, 0.1) is 22.7 Å². The Morgan fingerprint density at radius 3 is 1.82 bits per heavy atom. The smallest absolute Gasteiger partial charge is 0.335 e. The van der Waals surface area contributed by atoms with Gasteiger partial charge in [0.25, 0.3) is 0 Å². The van der Waals surface area contributed by atoms with Crippen molar-refractivity contribution in [3.05, 3.63) is 83.4 Å². The van der Waals surface area contributed by atoms with Crippen LogP contribution in [0.3, 0.4) is 0 Å². The fourth-order valence-electron chi connectivity index (χ4n) is 2.09. The maximum atomic E-state index is 10.7. The van der Waals surface area contributed by atoms with Crippen LogP contribution in [0.2, 0.25) is 0 Å². The second kappa shape index (κ2) is 9.27. The number of para-hydroxylation sites is 2. The first kappa shape index (κ1) is 19.8. The number of nitrogens with zero attached hydrogens (tertiary/aromatic N) is 2. The van der Waals surface area contributed by atoms with Gasteiger partial charge in [-0.05, 0) is 54.6 Å². The summed E-state index contributed by atoms with van der Waals surface area (Å²) in [6.07, 6.45) is 0. The van der Waals surface area contributed by atoms with Crippen molar-refractivity contribution in [2.24, 2.45) is 0 Å². The number of ether oxygens (including phenoxy) is 1. The number of nitrogen functional groups attached to an aromatic ring is 2. The summed E-state index contributed by atoms with van der Waals surface area (Å²) < 4.78 is 5.50. The van der Waals surface area contributed by atoms with Gasteiger partial charge in [-0.25, -0.2) is 4.79 Å². The van der Waals surface area contributed by atoms with Gasteiger partial charge in [-0.2, -0.15) is 10.5 Å². The van der Waals surface area contributed by atoms with Crippen LogP contribution < -0.4 is 16.2 Å². The summed E-state index contributed by atoms with van der Waals surface area (Å²) in [5.41, 5.74) is 12.8. The van der Waals surface area contributed by atoms with E-state index in [1.54, 1.807) is 18.2 Å². The lowest BCUT2D eigenvalue weighted by Gasteiger charge is -2.06. The second-order valence-corrected chi connectivity index (χ2v) is 5.49. The standard InChI is InChI=1S/C15H8N2O3.C6H8N2/c16-8-11-3-6-14(7-12(11)9-17)20-13-4-1-10(2-5-13)15(18)19;7-5-3-1-2-4-6(5)8/h1-7H,(H,18,19);1-4H,7-8H2. The minimum absolute atomic E-state index is 0.162. The minimum Gasteiger partial charge on any atom is -0.478 e. The molecule has 0 aliphatic rings. The van der Waals surface area contributed by atoms with Crippen molar-refractivity contribution in [3.63, 3.8) is 0 Å². The number of hydrogen-bond acceptors (Lipinski definition) is 6. The maximum Gasteiger partial charge on any atom is 0.335 e. The molecule has 0 saturated carbocycles. The molecular formula is C21H16N4O3. The van der Waals surface area contributed by atoms with E-state index in [4.69, 9.17) is 31.8 Å². The molecule has 138 valence electrons. The van der Waals surface area contributed by atoms with E-state index >= 15 is 0 Å². The van der Waals surface area contributed by atoms with Crippen LogP contribution in [0.15, 0.2) is 66.7 Å². The molecule has 0 aliphatic carbocycles. The number of benzene rings is 3. The highest BCUT2D eigenvalue weighted by molar-refractivity contribution is 5.87. The first-order chi connectivity index (χ1) is 13.4. The van der Waals surface area contributed by atoms with Gasteiger partial charge in [0.2, 0.25) is 0 Å². The number of rotatable bonds is 3. The van der Waals surface area contributed by atoms with E-state index in [1.807, 2.05) is 24.3 Å². The van der Waals surface area contributed by atoms with E-state index in [1.165, 1.54) is 36.4 Å². The average molecular weight is 372 g/mol. The van der Waals surface area contributed by atoms with Gasteiger partial charge >= 0.3 is 5.97 Å². The molecule has 0 aliphatic heterocycles. The number of anilines is 2. The first-order valence-corrected chi connectivity index (χ1v) is 8.00. The van der Waals surface area contributed by atoms with Crippen molar-refractivity contribution in [2.45, 2.75) is 0 Å². The molecule has 0 radical (unpaired) electrons. The van der Waals surface area contributed by atoms with Crippen molar-refractivity contribution in [1.82, 2.24) is 0 Å². The summed E-state index contributed by atoms with van der Waals surface area (Å²) in [6, 6.07) is 21.5. The highest BCUT2D eigenvalue weighted by Gasteiger charge is 2.06. The van der Waals surface area contributed by atoms with E-state index in [0.717, 1.165) is 0 Å². The summed E-state index contributed by atoms with van der Waals surface area (Å²) in [6.45, 7) is 0. The highest BCUT2D eigenvalue weighted by atomic mass is 16.5. The predicted octanol–water partition coefficient (Wildman–Crippen LogP) is 3.77. The van der Waals surface area contributed by atoms with Crippen molar-refractivity contribution < 1.29 is 14.6 Å². The number of hydrogen-bond donors (Lipinski definition) is 3. The number of carboxylic acids is 1. The van der Waals surface area contributed by atoms with Gasteiger partial charge in [-0.15, -0.1) is 0 Å². The zero-order valence-electron chi connectivity index (χ0n) is 14.7. The molecule has 5 N–H and O–H groups in total. The number of carboxylic acid groups (broad SMARTS) is 1. The Morgan fingerprint density at radius 1 is 0.821 bits per heavy atom. The van der Waals surface area contributed by atoms with Gasteiger partial charge in [-0.1, -0.05) is 12.1 Å². The minimum atomic E-state index is -1.01. The van der Waals surface area contributed by atoms with E-state index < -0.39 is 5.97 Å². The summed E-state index contributed by atoms with van der Waals surface area (Å²) >= 11 is 0. The van der Waals surface area contributed by atoms with Crippen LogP contribution in [-0.4, -0.2) is 11.1 Å². The number of carbonyl (C=O) groups is 1. The maximum absolute atomic E-state index is 10.7. The van der Waals surface area contributed by atoms with Crippen LogP contribution in [0.4, 0.5) is 11.4 Å². The molecule has 3 aromatic rings. The molecule has 0 atom stereocenters. The summed E-state index contributed by atoms with van der Waals surface area (Å²) in [5.74, 6) is -0.158. The van der Waals surface area contributed by atoms with Gasteiger partial charge < -0.3 is 21.3 Å². The van der Waals surface area contributed by atoms with Gasteiger partial charge in [0.1, 0.15) is 23.6 Å². The molecule has 0 aromatic heterocycles. The molecule has 0 saturated heterocycles. The molecule has 3 rings (SSSR count). The Balaban J connectivity index is 0.000000292. The topological polar surface area (TPSA) is 146 Å². The lowest BCUT2D eigenvalue weighted by atomic mass is 10.1. The molecule has 28 heavy (non-hydrogen) atoms. The zero-order chi connectivity index (χ0) is 20.5. The first-order valence-electron chi connectivity index (χ1n) is 8.00. The Morgan fingerprint density at radius 2 is 1.36 bits per heavy atom. The van der Waals surface area contributed by atoms with Crippen molar-refractivity contribution in [2.75, 3.05) is 11.5 Å². The highest BCUT2D eigenvalue weighted by Crippen LogP contribution is 2.24. The summed E-state index contributed by atoms with van der Waals surface area (Å²) in [5, 5.41) is 26.5. The average Bonchev–Trinajstić information content (AvgIpc) is 2.71. The van der Waals surface area contributed by atoms with E-state index in [9.17, 15) is 4.79 Å². The number of aromatic carboxylic acids is 1.